The quantitative estimate of drug-likeness (QED) is 0.738. The summed E-state index contributed by atoms with van der Waals surface area (Å²) in [6.07, 6.45) is 4.06. The molecule has 0 bridgehead atoms. The van der Waals surface area contributed by atoms with Crippen LogP contribution in [0.4, 0.5) is 5.69 Å². The summed E-state index contributed by atoms with van der Waals surface area (Å²) in [5.74, 6) is -0.0664. The average Bonchev–Trinajstić information content (AvgIpc) is 3.05. The molecule has 0 saturated carbocycles. The van der Waals surface area contributed by atoms with Crippen LogP contribution in [-0.4, -0.2) is 55.3 Å². The standard InChI is InChI=1S/C20H25N3O3S/c1-23(18-10-13-27(25,26)15-18)20(24)19-14-17(9-12-22-19)21-11-5-8-16-6-3-2-4-7-16/h2-4,6-7,9,12,14,18H,5,8,10-11,13,15H2,1H3,(H,21,22). The number of nitrogens with zero attached hydrogens (tertiary/aromatic N) is 2. The van der Waals surface area contributed by atoms with Gasteiger partial charge in [-0.25, -0.2) is 8.42 Å². The molecule has 27 heavy (non-hydrogen) atoms. The van der Waals surface area contributed by atoms with E-state index < -0.39 is 9.84 Å². The average molecular weight is 388 g/mol. The van der Waals surface area contributed by atoms with Gasteiger partial charge in [0.25, 0.3) is 5.91 Å². The highest BCUT2D eigenvalue weighted by Gasteiger charge is 2.33. The van der Waals surface area contributed by atoms with Crippen molar-refractivity contribution in [2.24, 2.45) is 0 Å². The summed E-state index contributed by atoms with van der Waals surface area (Å²) < 4.78 is 23.3. The lowest BCUT2D eigenvalue weighted by Gasteiger charge is -2.23. The molecule has 1 amide bonds. The lowest BCUT2D eigenvalue weighted by Crippen LogP contribution is -2.38. The number of benzene rings is 1. The first-order chi connectivity index (χ1) is 12.9. The summed E-state index contributed by atoms with van der Waals surface area (Å²) in [4.78, 5) is 18.3. The molecule has 1 aliphatic rings. The van der Waals surface area contributed by atoms with Crippen LogP contribution in [0.1, 0.15) is 28.9 Å². The molecule has 7 heteroatoms. The number of aryl methyl sites for hydroxylation is 1. The van der Waals surface area contributed by atoms with Crippen LogP contribution in [0, 0.1) is 0 Å². The Labute approximate surface area is 160 Å². The third kappa shape index (κ3) is 5.29. The SMILES string of the molecule is CN(C(=O)c1cc(NCCCc2ccccc2)ccn1)C1CCS(=O)(=O)C1. The molecular formula is C20H25N3O3S. The van der Waals surface area contributed by atoms with Gasteiger partial charge >= 0.3 is 0 Å². The zero-order valence-corrected chi connectivity index (χ0v) is 16.3. The fourth-order valence-corrected chi connectivity index (χ4v) is 5.03. The minimum absolute atomic E-state index is 0.0344. The van der Waals surface area contributed by atoms with Crippen LogP contribution in [0.5, 0.6) is 0 Å². The smallest absolute Gasteiger partial charge is 0.272 e. The van der Waals surface area contributed by atoms with Gasteiger partial charge in [-0.2, -0.15) is 0 Å². The first kappa shape index (κ1) is 19.4. The Hall–Kier alpha value is -2.41. The minimum Gasteiger partial charge on any atom is -0.385 e. The highest BCUT2D eigenvalue weighted by molar-refractivity contribution is 7.91. The van der Waals surface area contributed by atoms with Crippen LogP contribution in [0.15, 0.2) is 48.7 Å². The molecule has 2 aromatic rings. The number of aromatic nitrogens is 1. The Morgan fingerprint density at radius 1 is 1.26 bits per heavy atom. The molecule has 1 saturated heterocycles. The molecule has 6 nitrogen and oxygen atoms in total. The van der Waals surface area contributed by atoms with E-state index in [1.807, 2.05) is 24.3 Å². The van der Waals surface area contributed by atoms with Gasteiger partial charge in [-0.05, 0) is 37.0 Å². The van der Waals surface area contributed by atoms with E-state index in [2.05, 4.69) is 22.4 Å². The lowest BCUT2D eigenvalue weighted by molar-refractivity contribution is 0.0742. The first-order valence-electron chi connectivity index (χ1n) is 9.16. The van der Waals surface area contributed by atoms with E-state index in [1.54, 1.807) is 19.3 Å². The van der Waals surface area contributed by atoms with Crippen molar-refractivity contribution >= 4 is 21.4 Å². The van der Waals surface area contributed by atoms with Crippen LogP contribution in [0.3, 0.4) is 0 Å². The van der Waals surface area contributed by atoms with Gasteiger partial charge in [-0.3, -0.25) is 9.78 Å². The second-order valence-corrected chi connectivity index (χ2v) is 9.15. The van der Waals surface area contributed by atoms with Crippen molar-refractivity contribution in [2.45, 2.75) is 25.3 Å². The third-order valence-corrected chi connectivity index (χ3v) is 6.62. The number of anilines is 1. The van der Waals surface area contributed by atoms with Crippen molar-refractivity contribution in [3.63, 3.8) is 0 Å². The molecule has 1 aromatic carbocycles. The van der Waals surface area contributed by atoms with Crippen LogP contribution in [0.25, 0.3) is 0 Å². The summed E-state index contributed by atoms with van der Waals surface area (Å²) in [5.41, 5.74) is 2.47. The largest absolute Gasteiger partial charge is 0.385 e. The zero-order valence-electron chi connectivity index (χ0n) is 15.5. The molecule has 2 heterocycles. The molecule has 144 valence electrons. The van der Waals surface area contributed by atoms with Gasteiger partial charge in [-0.15, -0.1) is 0 Å². The number of nitrogens with one attached hydrogen (secondary N) is 1. The monoisotopic (exact) mass is 387 g/mol. The lowest BCUT2D eigenvalue weighted by atomic mass is 10.1. The topological polar surface area (TPSA) is 79.4 Å². The predicted octanol–water partition coefficient (Wildman–Crippen LogP) is 2.39. The van der Waals surface area contributed by atoms with Crippen molar-refractivity contribution in [1.82, 2.24) is 9.88 Å². The second kappa shape index (κ2) is 8.52. The molecule has 1 atom stereocenters. The summed E-state index contributed by atoms with van der Waals surface area (Å²) >= 11 is 0. The van der Waals surface area contributed by atoms with Crippen molar-refractivity contribution in [2.75, 3.05) is 30.4 Å². The highest BCUT2D eigenvalue weighted by atomic mass is 32.2. The van der Waals surface area contributed by atoms with E-state index in [-0.39, 0.29) is 23.5 Å². The molecule has 1 unspecified atom stereocenters. The molecule has 1 aromatic heterocycles. The molecule has 3 rings (SSSR count). The van der Waals surface area contributed by atoms with Crippen molar-refractivity contribution < 1.29 is 13.2 Å². The van der Waals surface area contributed by atoms with Gasteiger partial charge in [0.05, 0.1) is 11.5 Å². The number of carbonyl (C=O) groups excluding carboxylic acids is 1. The molecule has 1 fully saturated rings. The van der Waals surface area contributed by atoms with E-state index in [0.717, 1.165) is 25.1 Å². The summed E-state index contributed by atoms with van der Waals surface area (Å²) in [7, 11) is -1.38. The Kier molecular flexibility index (Phi) is 6.11. The van der Waals surface area contributed by atoms with E-state index in [1.165, 1.54) is 10.5 Å². The summed E-state index contributed by atoms with van der Waals surface area (Å²) in [5, 5.41) is 3.33. The van der Waals surface area contributed by atoms with Gasteiger partial charge in [0.2, 0.25) is 0 Å². The maximum atomic E-state index is 12.7. The van der Waals surface area contributed by atoms with E-state index >= 15 is 0 Å². The molecule has 1 aliphatic heterocycles. The number of hydrogen-bond acceptors (Lipinski definition) is 5. The fourth-order valence-electron chi connectivity index (χ4n) is 3.25. The van der Waals surface area contributed by atoms with Gasteiger partial charge in [0.15, 0.2) is 9.84 Å². The molecular weight excluding hydrogens is 362 g/mol. The van der Waals surface area contributed by atoms with Crippen molar-refractivity contribution in [3.05, 3.63) is 59.9 Å². The summed E-state index contributed by atoms with van der Waals surface area (Å²) in [6, 6.07) is 13.6. The second-order valence-electron chi connectivity index (χ2n) is 6.92. The van der Waals surface area contributed by atoms with E-state index in [0.29, 0.717) is 12.1 Å². The molecule has 1 N–H and O–H groups in total. The third-order valence-electron chi connectivity index (χ3n) is 4.87. The number of rotatable bonds is 7. The van der Waals surface area contributed by atoms with Crippen LogP contribution in [0.2, 0.25) is 0 Å². The molecule has 0 spiro atoms. The zero-order chi connectivity index (χ0) is 19.3. The molecule has 0 aliphatic carbocycles. The maximum absolute atomic E-state index is 12.7. The normalized spacial score (nSPS) is 18.2. The number of hydrogen-bond donors (Lipinski definition) is 1. The Bertz CT molecular complexity index is 884. The number of sulfone groups is 1. The first-order valence-corrected chi connectivity index (χ1v) is 11.0. The van der Waals surface area contributed by atoms with Crippen molar-refractivity contribution in [3.8, 4) is 0 Å². The summed E-state index contributed by atoms with van der Waals surface area (Å²) in [6.45, 7) is 0.795. The predicted molar refractivity (Wildman–Crippen MR) is 107 cm³/mol. The molecule has 0 radical (unpaired) electrons. The van der Waals surface area contributed by atoms with Crippen molar-refractivity contribution in [1.29, 1.82) is 0 Å². The van der Waals surface area contributed by atoms with E-state index in [4.69, 9.17) is 0 Å². The highest BCUT2D eigenvalue weighted by Crippen LogP contribution is 2.19. The number of amides is 1. The Morgan fingerprint density at radius 3 is 2.74 bits per heavy atom. The van der Waals surface area contributed by atoms with Gasteiger partial charge in [-0.1, -0.05) is 30.3 Å². The van der Waals surface area contributed by atoms with Gasteiger partial charge in [0.1, 0.15) is 5.69 Å². The minimum atomic E-state index is -3.03. The maximum Gasteiger partial charge on any atom is 0.272 e. The number of carbonyl (C=O) groups is 1. The fraction of sp³-hybridized carbons (Fsp3) is 0.400. The van der Waals surface area contributed by atoms with Crippen LogP contribution in [-0.2, 0) is 16.3 Å². The van der Waals surface area contributed by atoms with Crippen LogP contribution >= 0.6 is 0 Å². The van der Waals surface area contributed by atoms with E-state index in [9.17, 15) is 13.2 Å². The van der Waals surface area contributed by atoms with Crippen LogP contribution < -0.4 is 5.32 Å². The number of pyridine rings is 1. The Balaban J connectivity index is 1.54. The van der Waals surface area contributed by atoms with Gasteiger partial charge < -0.3 is 10.2 Å². The Morgan fingerprint density at radius 2 is 2.04 bits per heavy atom. The van der Waals surface area contributed by atoms with Gasteiger partial charge in [0, 0.05) is 31.5 Å².